The number of methoxy groups -OCH3 is 1. The molecule has 3 aromatic rings. The Balaban J connectivity index is 1.90. The van der Waals surface area contributed by atoms with Crippen LogP contribution in [0.4, 0.5) is 5.69 Å². The van der Waals surface area contributed by atoms with Gasteiger partial charge in [0.25, 0.3) is 5.91 Å². The van der Waals surface area contributed by atoms with Crippen molar-refractivity contribution in [2.45, 2.75) is 40.7 Å². The number of amides is 1. The molecule has 160 valence electrons. The molecule has 1 amide bonds. The standard InChI is InChI=1S/C22H25N7O2/c1-6-9-28-14(2)10-17(15(28)3)11-18(13-23)22(30)24-19-7-8-21(31-5)20(12-19)29-16(4)25-26-27-29/h7-8,10-12H,6,9H2,1-5H3,(H,24,30)/b18-11+. The van der Waals surface area contributed by atoms with E-state index in [1.807, 2.05) is 26.0 Å². The predicted octanol–water partition coefficient (Wildman–Crippen LogP) is 3.35. The predicted molar refractivity (Wildman–Crippen MR) is 117 cm³/mol. The first-order valence-corrected chi connectivity index (χ1v) is 9.92. The summed E-state index contributed by atoms with van der Waals surface area (Å²) in [6, 6.07) is 9.10. The summed E-state index contributed by atoms with van der Waals surface area (Å²) in [6.07, 6.45) is 2.63. The maximum Gasteiger partial charge on any atom is 0.266 e. The number of carbonyl (C=O) groups excluding carboxylic acids is 1. The van der Waals surface area contributed by atoms with Gasteiger partial charge in [0.05, 0.1) is 7.11 Å². The summed E-state index contributed by atoms with van der Waals surface area (Å²) >= 11 is 0. The molecule has 0 spiro atoms. The fraction of sp³-hybridized carbons (Fsp3) is 0.318. The third-order valence-corrected chi connectivity index (χ3v) is 5.02. The molecule has 0 radical (unpaired) electrons. The number of rotatable bonds is 7. The van der Waals surface area contributed by atoms with Gasteiger partial charge in [0.2, 0.25) is 0 Å². The average Bonchev–Trinajstić information content (AvgIpc) is 3.30. The van der Waals surface area contributed by atoms with Crippen LogP contribution in [0.2, 0.25) is 0 Å². The second-order valence-corrected chi connectivity index (χ2v) is 7.13. The Bertz CT molecular complexity index is 1180. The number of nitriles is 1. The Hall–Kier alpha value is -3.93. The summed E-state index contributed by atoms with van der Waals surface area (Å²) in [6.45, 7) is 8.78. The van der Waals surface area contributed by atoms with E-state index in [0.717, 1.165) is 29.9 Å². The minimum absolute atomic E-state index is 0.0210. The fourth-order valence-electron chi connectivity index (χ4n) is 3.43. The van der Waals surface area contributed by atoms with E-state index in [1.54, 1.807) is 38.3 Å². The van der Waals surface area contributed by atoms with Crippen LogP contribution in [0.15, 0.2) is 29.8 Å². The van der Waals surface area contributed by atoms with Crippen molar-refractivity contribution in [3.63, 3.8) is 0 Å². The van der Waals surface area contributed by atoms with E-state index in [4.69, 9.17) is 4.74 Å². The summed E-state index contributed by atoms with van der Waals surface area (Å²) in [4.78, 5) is 12.8. The van der Waals surface area contributed by atoms with E-state index in [-0.39, 0.29) is 5.57 Å². The molecule has 0 aliphatic heterocycles. The topological polar surface area (TPSA) is 111 Å². The zero-order chi connectivity index (χ0) is 22.5. The van der Waals surface area contributed by atoms with Gasteiger partial charge in [0.15, 0.2) is 5.82 Å². The highest BCUT2D eigenvalue weighted by Crippen LogP contribution is 2.27. The van der Waals surface area contributed by atoms with Crippen molar-refractivity contribution >= 4 is 17.7 Å². The number of nitrogens with one attached hydrogen (secondary N) is 1. The molecule has 1 N–H and O–H groups in total. The number of hydrogen-bond acceptors (Lipinski definition) is 6. The first kappa shape index (κ1) is 21.8. The smallest absolute Gasteiger partial charge is 0.266 e. The van der Waals surface area contributed by atoms with E-state index < -0.39 is 5.91 Å². The zero-order valence-corrected chi connectivity index (χ0v) is 18.3. The Morgan fingerprint density at radius 1 is 1.29 bits per heavy atom. The molecule has 2 heterocycles. The molecular weight excluding hydrogens is 394 g/mol. The number of aromatic nitrogens is 5. The van der Waals surface area contributed by atoms with Gasteiger partial charge in [0, 0.05) is 23.6 Å². The van der Waals surface area contributed by atoms with Crippen LogP contribution in [0.5, 0.6) is 5.75 Å². The van der Waals surface area contributed by atoms with Crippen LogP contribution in [0.1, 0.15) is 36.1 Å². The first-order chi connectivity index (χ1) is 14.9. The lowest BCUT2D eigenvalue weighted by atomic mass is 10.1. The van der Waals surface area contributed by atoms with Crippen molar-refractivity contribution < 1.29 is 9.53 Å². The van der Waals surface area contributed by atoms with Crippen molar-refractivity contribution in [2.24, 2.45) is 0 Å². The minimum atomic E-state index is -0.493. The zero-order valence-electron chi connectivity index (χ0n) is 18.3. The number of hydrogen-bond donors (Lipinski definition) is 1. The van der Waals surface area contributed by atoms with Gasteiger partial charge < -0.3 is 14.6 Å². The third-order valence-electron chi connectivity index (χ3n) is 5.02. The highest BCUT2D eigenvalue weighted by molar-refractivity contribution is 6.09. The average molecular weight is 419 g/mol. The molecule has 0 saturated heterocycles. The van der Waals surface area contributed by atoms with Crippen LogP contribution in [0.25, 0.3) is 11.8 Å². The van der Waals surface area contributed by atoms with Crippen molar-refractivity contribution in [3.8, 4) is 17.5 Å². The minimum Gasteiger partial charge on any atom is -0.494 e. The van der Waals surface area contributed by atoms with Crippen molar-refractivity contribution in [1.82, 2.24) is 24.8 Å². The fourth-order valence-corrected chi connectivity index (χ4v) is 3.43. The number of carbonyl (C=O) groups is 1. The lowest BCUT2D eigenvalue weighted by Crippen LogP contribution is -2.14. The molecule has 0 fully saturated rings. The number of aryl methyl sites for hydroxylation is 2. The Morgan fingerprint density at radius 2 is 2.06 bits per heavy atom. The van der Waals surface area contributed by atoms with Gasteiger partial charge in [0.1, 0.15) is 23.1 Å². The molecule has 9 heteroatoms. The molecule has 0 unspecified atom stereocenters. The van der Waals surface area contributed by atoms with Crippen LogP contribution in [0.3, 0.4) is 0 Å². The van der Waals surface area contributed by atoms with Crippen LogP contribution in [-0.4, -0.2) is 37.8 Å². The van der Waals surface area contributed by atoms with Gasteiger partial charge in [-0.25, -0.2) is 0 Å². The van der Waals surface area contributed by atoms with E-state index in [2.05, 4.69) is 32.3 Å². The highest BCUT2D eigenvalue weighted by atomic mass is 16.5. The second kappa shape index (κ2) is 9.26. The second-order valence-electron chi connectivity index (χ2n) is 7.13. The number of anilines is 1. The molecule has 0 bridgehead atoms. The molecule has 0 aliphatic rings. The van der Waals surface area contributed by atoms with Gasteiger partial charge in [-0.05, 0) is 73.5 Å². The molecule has 0 atom stereocenters. The largest absolute Gasteiger partial charge is 0.494 e. The van der Waals surface area contributed by atoms with E-state index in [9.17, 15) is 10.1 Å². The van der Waals surface area contributed by atoms with Gasteiger partial charge in [-0.15, -0.1) is 5.10 Å². The van der Waals surface area contributed by atoms with Crippen LogP contribution >= 0.6 is 0 Å². The molecule has 1 aromatic carbocycles. The van der Waals surface area contributed by atoms with Gasteiger partial charge >= 0.3 is 0 Å². The number of nitrogens with zero attached hydrogens (tertiary/aromatic N) is 6. The third kappa shape index (κ3) is 4.48. The molecule has 0 aliphatic carbocycles. The quantitative estimate of drug-likeness (QED) is 0.464. The number of ether oxygens (including phenoxy) is 1. The summed E-state index contributed by atoms with van der Waals surface area (Å²) in [7, 11) is 1.54. The maximum absolute atomic E-state index is 12.8. The van der Waals surface area contributed by atoms with Gasteiger partial charge in [-0.3, -0.25) is 4.79 Å². The lowest BCUT2D eigenvalue weighted by Gasteiger charge is -2.11. The van der Waals surface area contributed by atoms with Crippen molar-refractivity contribution in [2.75, 3.05) is 12.4 Å². The van der Waals surface area contributed by atoms with Gasteiger partial charge in [-0.1, -0.05) is 6.92 Å². The molecule has 2 aromatic heterocycles. The molecular formula is C22H25N7O2. The normalized spacial score (nSPS) is 11.3. The van der Waals surface area contributed by atoms with Crippen LogP contribution in [0, 0.1) is 32.1 Å². The summed E-state index contributed by atoms with van der Waals surface area (Å²) in [5.41, 5.74) is 4.08. The first-order valence-electron chi connectivity index (χ1n) is 9.92. The Labute approximate surface area is 180 Å². The summed E-state index contributed by atoms with van der Waals surface area (Å²) in [5.74, 6) is 0.627. The van der Waals surface area contributed by atoms with Crippen molar-refractivity contribution in [3.05, 3.63) is 52.6 Å². The Kier molecular flexibility index (Phi) is 6.50. The molecule has 3 rings (SSSR count). The van der Waals surface area contributed by atoms with E-state index >= 15 is 0 Å². The highest BCUT2D eigenvalue weighted by Gasteiger charge is 2.16. The lowest BCUT2D eigenvalue weighted by molar-refractivity contribution is -0.112. The number of tetrazole rings is 1. The van der Waals surface area contributed by atoms with Crippen LogP contribution < -0.4 is 10.1 Å². The summed E-state index contributed by atoms with van der Waals surface area (Å²) in [5, 5.41) is 23.9. The summed E-state index contributed by atoms with van der Waals surface area (Å²) < 4.78 is 9.08. The van der Waals surface area contributed by atoms with Crippen LogP contribution in [-0.2, 0) is 11.3 Å². The van der Waals surface area contributed by atoms with Crippen molar-refractivity contribution in [1.29, 1.82) is 5.26 Å². The Morgan fingerprint density at radius 3 is 2.68 bits per heavy atom. The SMILES string of the molecule is CCCn1c(C)cc(/C=C(\C#N)C(=O)Nc2ccc(OC)c(-n3nnnc3C)c2)c1C. The van der Waals surface area contributed by atoms with E-state index in [1.165, 1.54) is 4.68 Å². The molecule has 0 saturated carbocycles. The maximum atomic E-state index is 12.8. The monoisotopic (exact) mass is 419 g/mol. The number of benzene rings is 1. The van der Waals surface area contributed by atoms with Gasteiger partial charge in [-0.2, -0.15) is 9.94 Å². The molecule has 9 nitrogen and oxygen atoms in total. The van der Waals surface area contributed by atoms with E-state index in [0.29, 0.717) is 22.9 Å². The molecule has 31 heavy (non-hydrogen) atoms.